The van der Waals surface area contributed by atoms with Crippen molar-refractivity contribution in [3.8, 4) is 0 Å². The first-order chi connectivity index (χ1) is 5.74. The highest BCUT2D eigenvalue weighted by Gasteiger charge is 2.00. The minimum absolute atomic E-state index is 0.368. The fourth-order valence-corrected chi connectivity index (χ4v) is 1.00. The van der Waals surface area contributed by atoms with Crippen LogP contribution in [0.5, 0.6) is 0 Å². The third-order valence-electron chi connectivity index (χ3n) is 1.47. The fourth-order valence-electron chi connectivity index (χ4n) is 1.00. The van der Waals surface area contributed by atoms with Crippen molar-refractivity contribution in [3.63, 3.8) is 0 Å². The van der Waals surface area contributed by atoms with E-state index < -0.39 is 0 Å². The van der Waals surface area contributed by atoms with Gasteiger partial charge in [0.15, 0.2) is 0 Å². The Labute approximate surface area is 73.0 Å². The largest absolute Gasteiger partial charge is 0.391 e. The average Bonchev–Trinajstić information content (AvgIpc) is 2.04. The van der Waals surface area contributed by atoms with Gasteiger partial charge in [0, 0.05) is 11.7 Å². The van der Waals surface area contributed by atoms with Crippen molar-refractivity contribution in [1.82, 2.24) is 0 Å². The van der Waals surface area contributed by atoms with Crippen molar-refractivity contribution in [2.75, 3.05) is 5.32 Å². The summed E-state index contributed by atoms with van der Waals surface area (Å²) in [5, 5.41) is 3.21. The molecule has 1 aromatic rings. The van der Waals surface area contributed by atoms with Crippen molar-refractivity contribution in [2.24, 2.45) is 0 Å². The fraction of sp³-hybridized carbons (Fsp3) is 0.300. The lowest BCUT2D eigenvalue weighted by Gasteiger charge is -2.10. The van der Waals surface area contributed by atoms with E-state index in [4.69, 9.17) is 6.57 Å². The minimum atomic E-state index is 0.368. The van der Waals surface area contributed by atoms with Gasteiger partial charge in [-0.15, -0.1) is 0 Å². The summed E-state index contributed by atoms with van der Waals surface area (Å²) in [6.45, 7) is 11.0. The molecule has 1 N–H and O–H groups in total. The van der Waals surface area contributed by atoms with E-state index >= 15 is 0 Å². The SMILES string of the molecule is [C-]#[N+]c1ccccc1NC(C)C. The molecule has 0 aliphatic carbocycles. The van der Waals surface area contributed by atoms with Gasteiger partial charge in [0.2, 0.25) is 5.69 Å². The quantitative estimate of drug-likeness (QED) is 0.658. The molecule has 1 aromatic carbocycles. The Morgan fingerprint density at radius 3 is 2.58 bits per heavy atom. The number of rotatable bonds is 2. The van der Waals surface area contributed by atoms with E-state index in [0.717, 1.165) is 5.69 Å². The van der Waals surface area contributed by atoms with Crippen molar-refractivity contribution in [1.29, 1.82) is 0 Å². The predicted molar refractivity (Wildman–Crippen MR) is 51.5 cm³/mol. The summed E-state index contributed by atoms with van der Waals surface area (Å²) in [5.41, 5.74) is 1.61. The first-order valence-corrected chi connectivity index (χ1v) is 3.97. The van der Waals surface area contributed by atoms with Gasteiger partial charge in [-0.05, 0) is 19.9 Å². The second-order valence-corrected chi connectivity index (χ2v) is 2.93. The zero-order valence-corrected chi connectivity index (χ0v) is 7.33. The molecule has 0 heterocycles. The molecule has 0 unspecified atom stereocenters. The molecule has 0 saturated heterocycles. The van der Waals surface area contributed by atoms with Gasteiger partial charge >= 0.3 is 0 Å². The molecule has 2 nitrogen and oxygen atoms in total. The normalized spacial score (nSPS) is 9.50. The van der Waals surface area contributed by atoms with E-state index in [0.29, 0.717) is 11.7 Å². The standard InChI is InChI=1S/C10H12N2/c1-8(2)12-10-7-5-4-6-9(10)11-3/h4-8,12H,1-2H3. The molecule has 1 rings (SSSR count). The van der Waals surface area contributed by atoms with Crippen LogP contribution in [0.2, 0.25) is 0 Å². The number of nitrogens with zero attached hydrogens (tertiary/aromatic N) is 1. The van der Waals surface area contributed by atoms with Crippen LogP contribution in [0.1, 0.15) is 13.8 Å². The van der Waals surface area contributed by atoms with Gasteiger partial charge in [0.25, 0.3) is 0 Å². The van der Waals surface area contributed by atoms with Crippen LogP contribution in [0.4, 0.5) is 11.4 Å². The highest BCUT2D eigenvalue weighted by Crippen LogP contribution is 2.24. The number of anilines is 1. The molecule has 0 aliphatic rings. The Bertz CT molecular complexity index is 297. The summed E-state index contributed by atoms with van der Waals surface area (Å²) in [6.07, 6.45) is 0. The lowest BCUT2D eigenvalue weighted by atomic mass is 10.2. The molecule has 0 spiro atoms. The zero-order chi connectivity index (χ0) is 8.97. The number of hydrogen-bond acceptors (Lipinski definition) is 1. The van der Waals surface area contributed by atoms with Crippen molar-refractivity contribution in [2.45, 2.75) is 19.9 Å². The molecule has 0 radical (unpaired) electrons. The first kappa shape index (κ1) is 8.61. The van der Waals surface area contributed by atoms with E-state index in [1.165, 1.54) is 0 Å². The van der Waals surface area contributed by atoms with Crippen LogP contribution in [-0.4, -0.2) is 6.04 Å². The van der Waals surface area contributed by atoms with Crippen LogP contribution in [-0.2, 0) is 0 Å². The van der Waals surface area contributed by atoms with Gasteiger partial charge in [-0.2, -0.15) is 0 Å². The molecule has 0 aliphatic heterocycles. The average molecular weight is 160 g/mol. The third-order valence-corrected chi connectivity index (χ3v) is 1.47. The molecule has 0 aromatic heterocycles. The molecule has 0 fully saturated rings. The van der Waals surface area contributed by atoms with Crippen LogP contribution in [0.25, 0.3) is 4.85 Å². The smallest absolute Gasteiger partial charge is 0.209 e. The number of para-hydroxylation sites is 2. The molecular formula is C10H12N2. The van der Waals surface area contributed by atoms with Crippen molar-refractivity contribution in [3.05, 3.63) is 35.7 Å². The summed E-state index contributed by atoms with van der Waals surface area (Å²) in [5.74, 6) is 0. The summed E-state index contributed by atoms with van der Waals surface area (Å²) in [6, 6.07) is 7.91. The second kappa shape index (κ2) is 3.77. The predicted octanol–water partition coefficient (Wildman–Crippen LogP) is 3.06. The van der Waals surface area contributed by atoms with E-state index in [-0.39, 0.29) is 0 Å². The van der Waals surface area contributed by atoms with Crippen LogP contribution < -0.4 is 5.32 Å². The molecule has 62 valence electrons. The Kier molecular flexibility index (Phi) is 2.71. The molecule has 0 atom stereocenters. The molecule has 0 bridgehead atoms. The van der Waals surface area contributed by atoms with Crippen LogP contribution in [0.3, 0.4) is 0 Å². The van der Waals surface area contributed by atoms with E-state index in [9.17, 15) is 0 Å². The molecule has 2 heteroatoms. The maximum atomic E-state index is 6.91. The maximum Gasteiger partial charge on any atom is 0.209 e. The van der Waals surface area contributed by atoms with Gasteiger partial charge in [-0.1, -0.05) is 18.2 Å². The monoisotopic (exact) mass is 160 g/mol. The summed E-state index contributed by atoms with van der Waals surface area (Å²) >= 11 is 0. The Hall–Kier alpha value is -1.49. The second-order valence-electron chi connectivity index (χ2n) is 2.93. The lowest BCUT2D eigenvalue weighted by molar-refractivity contribution is 0.901. The zero-order valence-electron chi connectivity index (χ0n) is 7.33. The van der Waals surface area contributed by atoms with Gasteiger partial charge in [0.1, 0.15) is 0 Å². The summed E-state index contributed by atoms with van der Waals surface area (Å²) < 4.78 is 0. The minimum Gasteiger partial charge on any atom is -0.391 e. The Balaban J connectivity index is 2.91. The maximum absolute atomic E-state index is 6.91. The van der Waals surface area contributed by atoms with Gasteiger partial charge in [0.05, 0.1) is 6.57 Å². The van der Waals surface area contributed by atoms with Crippen molar-refractivity contribution < 1.29 is 0 Å². The van der Waals surface area contributed by atoms with Gasteiger partial charge in [-0.25, -0.2) is 4.85 Å². The Morgan fingerprint density at radius 2 is 2.00 bits per heavy atom. The number of nitrogens with one attached hydrogen (secondary N) is 1. The molecular weight excluding hydrogens is 148 g/mol. The number of hydrogen-bond donors (Lipinski definition) is 1. The first-order valence-electron chi connectivity index (χ1n) is 3.97. The third kappa shape index (κ3) is 2.00. The Morgan fingerprint density at radius 1 is 1.33 bits per heavy atom. The molecule has 0 amide bonds. The van der Waals surface area contributed by atoms with Crippen LogP contribution >= 0.6 is 0 Å². The highest BCUT2D eigenvalue weighted by atomic mass is 14.9. The molecule has 12 heavy (non-hydrogen) atoms. The number of benzene rings is 1. The van der Waals surface area contributed by atoms with E-state index in [1.807, 2.05) is 24.3 Å². The topological polar surface area (TPSA) is 16.4 Å². The van der Waals surface area contributed by atoms with Crippen LogP contribution in [0, 0.1) is 6.57 Å². The van der Waals surface area contributed by atoms with E-state index in [2.05, 4.69) is 24.0 Å². The highest BCUT2D eigenvalue weighted by molar-refractivity contribution is 5.69. The lowest BCUT2D eigenvalue weighted by Crippen LogP contribution is -2.09. The van der Waals surface area contributed by atoms with Crippen molar-refractivity contribution >= 4 is 11.4 Å². The van der Waals surface area contributed by atoms with Gasteiger partial charge < -0.3 is 5.32 Å². The van der Waals surface area contributed by atoms with E-state index in [1.54, 1.807) is 0 Å². The van der Waals surface area contributed by atoms with Gasteiger partial charge in [-0.3, -0.25) is 0 Å². The summed E-state index contributed by atoms with van der Waals surface area (Å²) in [7, 11) is 0. The summed E-state index contributed by atoms with van der Waals surface area (Å²) in [4.78, 5) is 3.41. The van der Waals surface area contributed by atoms with Crippen LogP contribution in [0.15, 0.2) is 24.3 Å². The molecule has 0 saturated carbocycles.